The van der Waals surface area contributed by atoms with Crippen LogP contribution in [0.25, 0.3) is 0 Å². The van der Waals surface area contributed by atoms with Crippen LogP contribution in [0.3, 0.4) is 0 Å². The van der Waals surface area contributed by atoms with Crippen molar-refractivity contribution >= 4 is 7.60 Å². The lowest BCUT2D eigenvalue weighted by atomic mass is 10.5. The summed E-state index contributed by atoms with van der Waals surface area (Å²) in [6.45, 7) is 9.04. The largest absolute Gasteiger partial charge is 0.327 e. The minimum atomic E-state index is -2.86. The summed E-state index contributed by atoms with van der Waals surface area (Å²) >= 11 is 0. The van der Waals surface area contributed by atoms with Gasteiger partial charge in [-0.1, -0.05) is 12.2 Å². The highest BCUT2D eigenvalue weighted by atomic mass is 31.2. The van der Waals surface area contributed by atoms with E-state index in [0.29, 0.717) is 13.0 Å². The van der Waals surface area contributed by atoms with Crippen LogP contribution in [-0.4, -0.2) is 19.9 Å². The Morgan fingerprint density at radius 1 is 1.33 bits per heavy atom. The van der Waals surface area contributed by atoms with Crippen molar-refractivity contribution in [3.05, 3.63) is 25.3 Å². The Balaban J connectivity index is 3.63. The van der Waals surface area contributed by atoms with E-state index in [1.165, 1.54) is 12.7 Å². The van der Waals surface area contributed by atoms with Gasteiger partial charge < -0.3 is 9.05 Å². The normalized spacial score (nSPS) is 15.1. The van der Waals surface area contributed by atoms with E-state index < -0.39 is 7.60 Å². The van der Waals surface area contributed by atoms with E-state index in [2.05, 4.69) is 13.2 Å². The van der Waals surface area contributed by atoms with Crippen LogP contribution in [0.1, 0.15) is 6.42 Å². The topological polar surface area (TPSA) is 35.5 Å². The highest BCUT2D eigenvalue weighted by Gasteiger charge is 2.14. The Labute approximate surface area is 73.6 Å². The van der Waals surface area contributed by atoms with Gasteiger partial charge in [0.2, 0.25) is 0 Å². The lowest BCUT2D eigenvalue weighted by Crippen LogP contribution is -1.95. The Morgan fingerprint density at radius 2 is 2.00 bits per heavy atom. The smallest absolute Gasteiger partial charge is 0.308 e. The van der Waals surface area contributed by atoms with E-state index in [4.69, 9.17) is 9.05 Å². The van der Waals surface area contributed by atoms with Gasteiger partial charge in [0.05, 0.1) is 13.2 Å². The minimum absolute atomic E-state index is 0.252. The molecule has 0 amide bonds. The molecule has 0 N–H and O–H groups in total. The molecule has 0 bridgehead atoms. The monoisotopic (exact) mass is 190 g/mol. The Kier molecular flexibility index (Phi) is 5.99. The number of hydrogen-bond acceptors (Lipinski definition) is 3. The molecule has 0 aliphatic heterocycles. The van der Waals surface area contributed by atoms with Crippen molar-refractivity contribution < 1.29 is 13.6 Å². The molecular formula is C8H15O3P. The van der Waals surface area contributed by atoms with Crippen molar-refractivity contribution in [2.75, 3.05) is 19.9 Å². The van der Waals surface area contributed by atoms with Crippen LogP contribution in [0.5, 0.6) is 0 Å². The standard InChI is InChI=1S/C8H15O3P/c1-4-6-8-11-12(3,9)10-7-5-2/h4-5H,1-2,6-8H2,3H3. The quantitative estimate of drug-likeness (QED) is 0.351. The van der Waals surface area contributed by atoms with Gasteiger partial charge in [-0.15, -0.1) is 13.2 Å². The summed E-state index contributed by atoms with van der Waals surface area (Å²) in [6.07, 6.45) is 3.91. The predicted molar refractivity (Wildman–Crippen MR) is 50.4 cm³/mol. The van der Waals surface area contributed by atoms with Crippen molar-refractivity contribution in [3.63, 3.8) is 0 Å². The minimum Gasteiger partial charge on any atom is -0.308 e. The van der Waals surface area contributed by atoms with Gasteiger partial charge in [0.15, 0.2) is 0 Å². The molecule has 0 aromatic heterocycles. The molecule has 3 nitrogen and oxygen atoms in total. The molecule has 0 radical (unpaired) electrons. The molecule has 0 spiro atoms. The summed E-state index contributed by atoms with van der Waals surface area (Å²) in [4.78, 5) is 0. The Morgan fingerprint density at radius 3 is 2.50 bits per heavy atom. The van der Waals surface area contributed by atoms with Gasteiger partial charge >= 0.3 is 7.60 Å². The molecule has 0 saturated heterocycles. The van der Waals surface area contributed by atoms with Gasteiger partial charge in [-0.25, -0.2) is 0 Å². The Bertz CT molecular complexity index is 189. The molecule has 0 fully saturated rings. The van der Waals surface area contributed by atoms with E-state index in [1.54, 1.807) is 6.08 Å². The van der Waals surface area contributed by atoms with Gasteiger partial charge in [-0.05, 0) is 6.42 Å². The number of rotatable bonds is 7. The fraction of sp³-hybridized carbons (Fsp3) is 0.500. The van der Waals surface area contributed by atoms with Gasteiger partial charge in [0.1, 0.15) is 0 Å². The molecule has 0 saturated carbocycles. The van der Waals surface area contributed by atoms with Crippen LogP contribution < -0.4 is 0 Å². The molecule has 0 aromatic carbocycles. The van der Waals surface area contributed by atoms with Crippen LogP contribution in [0.15, 0.2) is 25.3 Å². The fourth-order valence-electron chi connectivity index (χ4n) is 0.527. The van der Waals surface area contributed by atoms with Crippen molar-refractivity contribution in [3.8, 4) is 0 Å². The van der Waals surface area contributed by atoms with Gasteiger partial charge in [-0.2, -0.15) is 0 Å². The zero-order valence-electron chi connectivity index (χ0n) is 7.36. The maximum absolute atomic E-state index is 11.3. The average Bonchev–Trinajstić information content (AvgIpc) is 2.01. The molecule has 0 aliphatic carbocycles. The third-order valence-electron chi connectivity index (χ3n) is 1.07. The van der Waals surface area contributed by atoms with Crippen molar-refractivity contribution in [1.29, 1.82) is 0 Å². The molecule has 12 heavy (non-hydrogen) atoms. The van der Waals surface area contributed by atoms with E-state index in [1.807, 2.05) is 0 Å². The molecule has 70 valence electrons. The zero-order valence-corrected chi connectivity index (χ0v) is 8.26. The second kappa shape index (κ2) is 6.18. The lowest BCUT2D eigenvalue weighted by molar-refractivity contribution is 0.227. The highest BCUT2D eigenvalue weighted by molar-refractivity contribution is 7.52. The molecule has 0 rings (SSSR count). The summed E-state index contributed by atoms with van der Waals surface area (Å²) in [7, 11) is -2.86. The first kappa shape index (κ1) is 11.6. The number of hydrogen-bond donors (Lipinski definition) is 0. The van der Waals surface area contributed by atoms with Crippen LogP contribution in [0.2, 0.25) is 0 Å². The lowest BCUT2D eigenvalue weighted by Gasteiger charge is -2.11. The highest BCUT2D eigenvalue weighted by Crippen LogP contribution is 2.43. The molecule has 0 aromatic rings. The van der Waals surface area contributed by atoms with Crippen LogP contribution in [0.4, 0.5) is 0 Å². The Hall–Kier alpha value is -0.370. The van der Waals surface area contributed by atoms with Crippen molar-refractivity contribution in [2.24, 2.45) is 0 Å². The predicted octanol–water partition coefficient (Wildman–Crippen LogP) is 2.60. The van der Waals surface area contributed by atoms with E-state index in [-0.39, 0.29) is 6.61 Å². The summed E-state index contributed by atoms with van der Waals surface area (Å²) < 4.78 is 21.2. The van der Waals surface area contributed by atoms with Gasteiger partial charge in [-0.3, -0.25) is 4.57 Å². The summed E-state index contributed by atoms with van der Waals surface area (Å²) in [5.74, 6) is 0. The first-order valence-corrected chi connectivity index (χ1v) is 5.70. The average molecular weight is 190 g/mol. The van der Waals surface area contributed by atoms with Crippen molar-refractivity contribution in [1.82, 2.24) is 0 Å². The summed E-state index contributed by atoms with van der Waals surface area (Å²) in [6, 6.07) is 0. The van der Waals surface area contributed by atoms with Crippen LogP contribution in [-0.2, 0) is 13.6 Å². The van der Waals surface area contributed by atoms with E-state index >= 15 is 0 Å². The van der Waals surface area contributed by atoms with Crippen LogP contribution >= 0.6 is 7.60 Å². The van der Waals surface area contributed by atoms with Crippen LogP contribution in [0, 0.1) is 0 Å². The van der Waals surface area contributed by atoms with Gasteiger partial charge in [0, 0.05) is 6.66 Å². The first-order chi connectivity index (χ1) is 5.62. The first-order valence-electron chi connectivity index (χ1n) is 3.71. The molecule has 0 heterocycles. The maximum atomic E-state index is 11.3. The third kappa shape index (κ3) is 6.35. The molecule has 4 heteroatoms. The zero-order chi connectivity index (χ0) is 9.45. The fourth-order valence-corrected chi connectivity index (χ4v) is 1.42. The second-order valence-corrected chi connectivity index (χ2v) is 4.33. The summed E-state index contributed by atoms with van der Waals surface area (Å²) in [5, 5.41) is 0. The molecular weight excluding hydrogens is 175 g/mol. The van der Waals surface area contributed by atoms with E-state index in [9.17, 15) is 4.57 Å². The molecule has 1 atom stereocenters. The SMILES string of the molecule is C=CCCOP(C)(=O)OCC=C. The van der Waals surface area contributed by atoms with E-state index in [0.717, 1.165) is 0 Å². The molecule has 0 aliphatic rings. The maximum Gasteiger partial charge on any atom is 0.327 e. The van der Waals surface area contributed by atoms with Crippen molar-refractivity contribution in [2.45, 2.75) is 6.42 Å². The second-order valence-electron chi connectivity index (χ2n) is 2.27. The molecule has 1 unspecified atom stereocenters. The van der Waals surface area contributed by atoms with Gasteiger partial charge in [0.25, 0.3) is 0 Å². The summed E-state index contributed by atoms with van der Waals surface area (Å²) in [5.41, 5.74) is 0. The third-order valence-corrected chi connectivity index (χ3v) is 2.34.